The van der Waals surface area contributed by atoms with Crippen LogP contribution in [0, 0.1) is 11.7 Å². The molecule has 6 heteroatoms. The van der Waals surface area contributed by atoms with Crippen LogP contribution in [-0.2, 0) is 6.42 Å². The molecule has 2 aromatic rings. The number of anilines is 1. The SMILES string of the molecule is CC(C)Cc1nc(-c2ccc(F)c(Br)c2)nc(N)c1Br. The van der Waals surface area contributed by atoms with Crippen LogP contribution in [0.15, 0.2) is 27.1 Å². The second-order valence-corrected chi connectivity index (χ2v) is 6.57. The van der Waals surface area contributed by atoms with Gasteiger partial charge in [-0.3, -0.25) is 0 Å². The molecule has 3 nitrogen and oxygen atoms in total. The van der Waals surface area contributed by atoms with Crippen LogP contribution in [-0.4, -0.2) is 9.97 Å². The van der Waals surface area contributed by atoms with E-state index < -0.39 is 0 Å². The number of hydrogen-bond donors (Lipinski definition) is 1. The van der Waals surface area contributed by atoms with Crippen molar-refractivity contribution in [2.24, 2.45) is 5.92 Å². The maximum absolute atomic E-state index is 13.3. The number of aromatic nitrogens is 2. The number of hydrogen-bond acceptors (Lipinski definition) is 3. The van der Waals surface area contributed by atoms with E-state index in [0.717, 1.165) is 22.2 Å². The average molecular weight is 403 g/mol. The summed E-state index contributed by atoms with van der Waals surface area (Å²) in [7, 11) is 0. The second-order valence-electron chi connectivity index (χ2n) is 4.92. The fourth-order valence-corrected chi connectivity index (χ4v) is 2.52. The van der Waals surface area contributed by atoms with Crippen molar-refractivity contribution in [3.63, 3.8) is 0 Å². The Morgan fingerprint density at radius 1 is 1.25 bits per heavy atom. The summed E-state index contributed by atoms with van der Waals surface area (Å²) in [5.74, 6) is 1.03. The normalized spacial score (nSPS) is 11.1. The zero-order chi connectivity index (χ0) is 14.9. The summed E-state index contributed by atoms with van der Waals surface area (Å²) in [4.78, 5) is 8.79. The van der Waals surface area contributed by atoms with Gasteiger partial charge in [0.25, 0.3) is 0 Å². The molecule has 20 heavy (non-hydrogen) atoms. The minimum absolute atomic E-state index is 0.318. The van der Waals surface area contributed by atoms with Crippen molar-refractivity contribution in [1.29, 1.82) is 0 Å². The molecule has 0 atom stereocenters. The van der Waals surface area contributed by atoms with E-state index in [1.165, 1.54) is 6.07 Å². The summed E-state index contributed by atoms with van der Waals surface area (Å²) in [6.45, 7) is 4.22. The molecular weight excluding hydrogens is 389 g/mol. The van der Waals surface area contributed by atoms with E-state index >= 15 is 0 Å². The Balaban J connectivity index is 2.51. The van der Waals surface area contributed by atoms with E-state index in [0.29, 0.717) is 22.0 Å². The molecular formula is C14H14Br2FN3. The Morgan fingerprint density at radius 3 is 2.55 bits per heavy atom. The second kappa shape index (κ2) is 6.18. The number of halogens is 3. The minimum Gasteiger partial charge on any atom is -0.383 e. The highest BCUT2D eigenvalue weighted by molar-refractivity contribution is 9.11. The Bertz CT molecular complexity index is 645. The lowest BCUT2D eigenvalue weighted by Crippen LogP contribution is -2.05. The van der Waals surface area contributed by atoms with Gasteiger partial charge in [-0.15, -0.1) is 0 Å². The van der Waals surface area contributed by atoms with Gasteiger partial charge in [-0.2, -0.15) is 0 Å². The number of rotatable bonds is 3. The summed E-state index contributed by atoms with van der Waals surface area (Å²) >= 11 is 6.59. The van der Waals surface area contributed by atoms with E-state index in [1.807, 2.05) is 0 Å². The van der Waals surface area contributed by atoms with Crippen molar-refractivity contribution in [3.8, 4) is 11.4 Å². The lowest BCUT2D eigenvalue weighted by Gasteiger charge is -2.11. The number of benzene rings is 1. The summed E-state index contributed by atoms with van der Waals surface area (Å²) in [5, 5.41) is 0. The molecule has 1 aromatic heterocycles. The molecule has 106 valence electrons. The molecule has 2 N–H and O–H groups in total. The van der Waals surface area contributed by atoms with Gasteiger partial charge < -0.3 is 5.73 Å². The van der Waals surface area contributed by atoms with Gasteiger partial charge in [-0.05, 0) is 62.4 Å². The topological polar surface area (TPSA) is 51.8 Å². The predicted molar refractivity (Wildman–Crippen MR) is 85.8 cm³/mol. The van der Waals surface area contributed by atoms with E-state index in [4.69, 9.17) is 5.73 Å². The molecule has 1 heterocycles. The molecule has 0 amide bonds. The number of nitrogens with zero attached hydrogens (tertiary/aromatic N) is 2. The summed E-state index contributed by atoms with van der Waals surface area (Å²) in [6.07, 6.45) is 0.794. The lowest BCUT2D eigenvalue weighted by molar-refractivity contribution is 0.621. The Labute approximate surface area is 134 Å². The summed E-state index contributed by atoms with van der Waals surface area (Å²) < 4.78 is 14.4. The van der Waals surface area contributed by atoms with E-state index in [9.17, 15) is 4.39 Å². The number of nitrogen functional groups attached to an aromatic ring is 1. The van der Waals surface area contributed by atoms with Gasteiger partial charge in [-0.25, -0.2) is 14.4 Å². The van der Waals surface area contributed by atoms with Gasteiger partial charge in [0.1, 0.15) is 11.6 Å². The first-order chi connectivity index (χ1) is 9.38. The first-order valence-corrected chi connectivity index (χ1v) is 7.74. The third-order valence-corrected chi connectivity index (χ3v) is 4.20. The smallest absolute Gasteiger partial charge is 0.161 e. The zero-order valence-electron chi connectivity index (χ0n) is 11.1. The molecule has 0 saturated heterocycles. The molecule has 0 fully saturated rings. The first-order valence-electron chi connectivity index (χ1n) is 6.15. The van der Waals surface area contributed by atoms with Crippen LogP contribution < -0.4 is 5.73 Å². The van der Waals surface area contributed by atoms with Crippen molar-refractivity contribution in [2.45, 2.75) is 20.3 Å². The highest BCUT2D eigenvalue weighted by Crippen LogP contribution is 2.28. The van der Waals surface area contributed by atoms with Crippen LogP contribution in [0.25, 0.3) is 11.4 Å². The molecule has 0 aliphatic carbocycles. The fraction of sp³-hybridized carbons (Fsp3) is 0.286. The van der Waals surface area contributed by atoms with Gasteiger partial charge in [-0.1, -0.05) is 13.8 Å². The van der Waals surface area contributed by atoms with Crippen LogP contribution in [0.4, 0.5) is 10.2 Å². The lowest BCUT2D eigenvalue weighted by atomic mass is 10.1. The summed E-state index contributed by atoms with van der Waals surface area (Å²) in [5.41, 5.74) is 7.51. The Kier molecular flexibility index (Phi) is 4.75. The Morgan fingerprint density at radius 2 is 1.95 bits per heavy atom. The quantitative estimate of drug-likeness (QED) is 0.816. The molecule has 0 aliphatic heterocycles. The zero-order valence-corrected chi connectivity index (χ0v) is 14.3. The standard InChI is InChI=1S/C14H14Br2FN3/c1-7(2)5-11-12(16)13(18)20-14(19-11)8-3-4-10(17)9(15)6-8/h3-4,6-7H,5H2,1-2H3,(H2,18,19,20). The maximum atomic E-state index is 13.3. The molecule has 0 bridgehead atoms. The van der Waals surface area contributed by atoms with E-state index in [1.54, 1.807) is 12.1 Å². The minimum atomic E-state index is -0.318. The highest BCUT2D eigenvalue weighted by Gasteiger charge is 2.13. The predicted octanol–water partition coefficient (Wildman–Crippen LogP) is 4.59. The van der Waals surface area contributed by atoms with E-state index in [2.05, 4.69) is 55.7 Å². The fourth-order valence-electron chi connectivity index (χ4n) is 1.80. The highest BCUT2D eigenvalue weighted by atomic mass is 79.9. The molecule has 0 saturated carbocycles. The van der Waals surface area contributed by atoms with Gasteiger partial charge in [0.15, 0.2) is 5.82 Å². The van der Waals surface area contributed by atoms with Crippen molar-refractivity contribution in [3.05, 3.63) is 38.7 Å². The Hall–Kier alpha value is -1.01. The summed E-state index contributed by atoms with van der Waals surface area (Å²) in [6, 6.07) is 4.67. The molecule has 0 spiro atoms. The van der Waals surface area contributed by atoms with Crippen LogP contribution in [0.1, 0.15) is 19.5 Å². The third-order valence-electron chi connectivity index (χ3n) is 2.72. The first kappa shape index (κ1) is 15.4. The van der Waals surface area contributed by atoms with Crippen LogP contribution >= 0.6 is 31.9 Å². The van der Waals surface area contributed by atoms with Gasteiger partial charge in [0.05, 0.1) is 14.6 Å². The average Bonchev–Trinajstić information content (AvgIpc) is 2.37. The van der Waals surface area contributed by atoms with Gasteiger partial charge in [0, 0.05) is 5.56 Å². The maximum Gasteiger partial charge on any atom is 0.161 e. The molecule has 1 aromatic carbocycles. The number of nitrogens with two attached hydrogens (primary N) is 1. The van der Waals surface area contributed by atoms with Gasteiger partial charge >= 0.3 is 0 Å². The van der Waals surface area contributed by atoms with Crippen molar-refractivity contribution >= 4 is 37.7 Å². The van der Waals surface area contributed by atoms with Crippen molar-refractivity contribution < 1.29 is 4.39 Å². The monoisotopic (exact) mass is 401 g/mol. The molecule has 0 radical (unpaired) electrons. The van der Waals surface area contributed by atoms with E-state index in [-0.39, 0.29) is 5.82 Å². The third kappa shape index (κ3) is 3.35. The molecule has 2 rings (SSSR count). The molecule has 0 aliphatic rings. The van der Waals surface area contributed by atoms with Gasteiger partial charge in [0.2, 0.25) is 0 Å². The van der Waals surface area contributed by atoms with Crippen molar-refractivity contribution in [1.82, 2.24) is 9.97 Å². The van der Waals surface area contributed by atoms with Crippen LogP contribution in [0.3, 0.4) is 0 Å². The largest absolute Gasteiger partial charge is 0.383 e. The van der Waals surface area contributed by atoms with Crippen LogP contribution in [0.5, 0.6) is 0 Å². The van der Waals surface area contributed by atoms with Crippen LogP contribution in [0.2, 0.25) is 0 Å². The van der Waals surface area contributed by atoms with Crippen molar-refractivity contribution in [2.75, 3.05) is 5.73 Å². The molecule has 0 unspecified atom stereocenters.